The van der Waals surface area contributed by atoms with Gasteiger partial charge in [0.05, 0.1) is 0 Å². The van der Waals surface area contributed by atoms with Gasteiger partial charge in [-0.15, -0.1) is 0 Å². The molecule has 0 bridgehead atoms. The van der Waals surface area contributed by atoms with Crippen LogP contribution in [0.5, 0.6) is 0 Å². The first-order chi connectivity index (χ1) is 15.4. The smallest absolute Gasteiger partial charge is 0.0468 e. The van der Waals surface area contributed by atoms with Crippen LogP contribution in [0.25, 0.3) is 32.3 Å². The van der Waals surface area contributed by atoms with Crippen molar-refractivity contribution in [3.8, 4) is 0 Å². The largest absolute Gasteiger partial charge is 0.310 e. The van der Waals surface area contributed by atoms with Crippen molar-refractivity contribution in [3.05, 3.63) is 127 Å². The maximum atomic E-state index is 2.34. The van der Waals surface area contributed by atoms with E-state index in [2.05, 4.69) is 132 Å². The summed E-state index contributed by atoms with van der Waals surface area (Å²) in [6.07, 6.45) is 0. The van der Waals surface area contributed by atoms with Crippen LogP contribution in [0.1, 0.15) is 0 Å². The van der Waals surface area contributed by atoms with Gasteiger partial charge in [0, 0.05) is 17.1 Å². The fraction of sp³-hybridized carbons (Fsp3) is 0. The van der Waals surface area contributed by atoms with Gasteiger partial charge in [-0.05, 0) is 68.7 Å². The molecule has 0 aliphatic carbocycles. The molecule has 0 fully saturated rings. The summed E-state index contributed by atoms with van der Waals surface area (Å²) in [5, 5.41) is 7.77. The molecule has 6 rings (SSSR count). The SMILES string of the molecule is c1ccc(N(c2ccccc2)c2ccc3c4ccccc4c4ccccc4c3c2)cc1. The van der Waals surface area contributed by atoms with Gasteiger partial charge in [0.15, 0.2) is 0 Å². The van der Waals surface area contributed by atoms with Gasteiger partial charge in [0.2, 0.25) is 0 Å². The Hall–Kier alpha value is -4.10. The van der Waals surface area contributed by atoms with Crippen molar-refractivity contribution in [2.75, 3.05) is 4.90 Å². The summed E-state index contributed by atoms with van der Waals surface area (Å²) in [4.78, 5) is 2.32. The molecule has 146 valence electrons. The Bertz CT molecular complexity index is 1440. The van der Waals surface area contributed by atoms with Crippen LogP contribution >= 0.6 is 0 Å². The van der Waals surface area contributed by atoms with Crippen LogP contribution < -0.4 is 4.90 Å². The van der Waals surface area contributed by atoms with E-state index in [-0.39, 0.29) is 0 Å². The minimum absolute atomic E-state index is 1.15. The fourth-order valence-electron chi connectivity index (χ4n) is 4.64. The van der Waals surface area contributed by atoms with Crippen molar-refractivity contribution >= 4 is 49.4 Å². The number of nitrogens with zero attached hydrogens (tertiary/aromatic N) is 1. The normalized spacial score (nSPS) is 11.2. The van der Waals surface area contributed by atoms with Crippen LogP contribution in [0.3, 0.4) is 0 Å². The number of hydrogen-bond acceptors (Lipinski definition) is 1. The van der Waals surface area contributed by atoms with Crippen LogP contribution in [-0.2, 0) is 0 Å². The molecule has 31 heavy (non-hydrogen) atoms. The lowest BCUT2D eigenvalue weighted by Gasteiger charge is -2.26. The zero-order valence-corrected chi connectivity index (χ0v) is 17.1. The van der Waals surface area contributed by atoms with Crippen LogP contribution in [-0.4, -0.2) is 0 Å². The van der Waals surface area contributed by atoms with Gasteiger partial charge in [-0.25, -0.2) is 0 Å². The minimum atomic E-state index is 1.15. The highest BCUT2D eigenvalue weighted by Crippen LogP contribution is 2.40. The Morgan fingerprint density at radius 2 is 0.677 bits per heavy atom. The van der Waals surface area contributed by atoms with Crippen molar-refractivity contribution in [3.63, 3.8) is 0 Å². The Labute approximate surface area is 181 Å². The molecule has 0 radical (unpaired) electrons. The molecule has 0 atom stereocenters. The van der Waals surface area contributed by atoms with Crippen molar-refractivity contribution in [2.45, 2.75) is 0 Å². The molecule has 0 aliphatic heterocycles. The zero-order chi connectivity index (χ0) is 20.6. The van der Waals surface area contributed by atoms with E-state index in [0.717, 1.165) is 17.1 Å². The second-order valence-electron chi connectivity index (χ2n) is 7.83. The van der Waals surface area contributed by atoms with Crippen LogP contribution in [0.15, 0.2) is 127 Å². The molecule has 6 aromatic carbocycles. The highest BCUT2D eigenvalue weighted by Gasteiger charge is 2.14. The molecule has 0 amide bonds. The Morgan fingerprint density at radius 3 is 1.16 bits per heavy atom. The third-order valence-electron chi connectivity index (χ3n) is 6.01. The third kappa shape index (κ3) is 2.94. The standard InChI is InChI=1S/C30H21N/c1-3-11-22(12-4-1)31(23-13-5-2-6-14-23)24-19-20-29-27-17-8-7-15-25(27)26-16-9-10-18-28(26)30(29)21-24/h1-21H. The predicted molar refractivity (Wildman–Crippen MR) is 134 cm³/mol. The number of rotatable bonds is 3. The monoisotopic (exact) mass is 395 g/mol. The fourth-order valence-corrected chi connectivity index (χ4v) is 4.64. The van der Waals surface area contributed by atoms with Crippen LogP contribution in [0.4, 0.5) is 17.1 Å². The van der Waals surface area contributed by atoms with Crippen molar-refractivity contribution < 1.29 is 0 Å². The average Bonchev–Trinajstić information content (AvgIpc) is 2.86. The van der Waals surface area contributed by atoms with E-state index in [4.69, 9.17) is 0 Å². The van der Waals surface area contributed by atoms with Gasteiger partial charge >= 0.3 is 0 Å². The van der Waals surface area contributed by atoms with Gasteiger partial charge in [-0.3, -0.25) is 0 Å². The third-order valence-corrected chi connectivity index (χ3v) is 6.01. The summed E-state index contributed by atoms with van der Waals surface area (Å²) >= 11 is 0. The van der Waals surface area contributed by atoms with Gasteiger partial charge in [-0.1, -0.05) is 91.0 Å². The van der Waals surface area contributed by atoms with E-state index >= 15 is 0 Å². The highest BCUT2D eigenvalue weighted by molar-refractivity contribution is 6.25. The molecule has 0 N–H and O–H groups in total. The molecule has 6 aromatic rings. The Morgan fingerprint density at radius 1 is 0.290 bits per heavy atom. The summed E-state index contributed by atoms with van der Waals surface area (Å²) < 4.78 is 0. The average molecular weight is 396 g/mol. The van der Waals surface area contributed by atoms with E-state index in [0.29, 0.717) is 0 Å². The molecule has 0 aromatic heterocycles. The number of benzene rings is 6. The van der Waals surface area contributed by atoms with Gasteiger partial charge < -0.3 is 4.90 Å². The molecule has 1 nitrogen and oxygen atoms in total. The summed E-state index contributed by atoms with van der Waals surface area (Å²) in [6.45, 7) is 0. The van der Waals surface area contributed by atoms with E-state index in [9.17, 15) is 0 Å². The van der Waals surface area contributed by atoms with Gasteiger partial charge in [0.25, 0.3) is 0 Å². The summed E-state index contributed by atoms with van der Waals surface area (Å²) in [7, 11) is 0. The molecule has 0 heterocycles. The zero-order valence-electron chi connectivity index (χ0n) is 17.1. The second kappa shape index (κ2) is 7.30. The molecular formula is C30H21N. The molecule has 1 heteroatoms. The number of anilines is 3. The summed E-state index contributed by atoms with van der Waals surface area (Å²) in [5.74, 6) is 0. The molecule has 0 aliphatic rings. The topological polar surface area (TPSA) is 3.24 Å². The van der Waals surface area contributed by atoms with Crippen molar-refractivity contribution in [2.24, 2.45) is 0 Å². The quantitative estimate of drug-likeness (QED) is 0.271. The minimum Gasteiger partial charge on any atom is -0.310 e. The maximum Gasteiger partial charge on any atom is 0.0468 e. The van der Waals surface area contributed by atoms with Gasteiger partial charge in [-0.2, -0.15) is 0 Å². The Kier molecular flexibility index (Phi) is 4.18. The highest BCUT2D eigenvalue weighted by atomic mass is 15.1. The van der Waals surface area contributed by atoms with Gasteiger partial charge in [0.1, 0.15) is 0 Å². The first kappa shape index (κ1) is 17.7. The van der Waals surface area contributed by atoms with Crippen LogP contribution in [0, 0.1) is 0 Å². The van der Waals surface area contributed by atoms with E-state index in [1.807, 2.05) is 0 Å². The molecule has 0 saturated heterocycles. The number of hydrogen-bond donors (Lipinski definition) is 0. The lowest BCUT2D eigenvalue weighted by Crippen LogP contribution is -2.09. The van der Waals surface area contributed by atoms with E-state index < -0.39 is 0 Å². The van der Waals surface area contributed by atoms with Crippen molar-refractivity contribution in [1.29, 1.82) is 0 Å². The lowest BCUT2D eigenvalue weighted by atomic mass is 9.94. The molecule has 0 unspecified atom stereocenters. The van der Waals surface area contributed by atoms with Crippen LogP contribution in [0.2, 0.25) is 0 Å². The lowest BCUT2D eigenvalue weighted by molar-refractivity contribution is 1.29. The van der Waals surface area contributed by atoms with E-state index in [1.165, 1.54) is 32.3 Å². The number of para-hydroxylation sites is 2. The maximum absolute atomic E-state index is 2.34. The molecular weight excluding hydrogens is 374 g/mol. The van der Waals surface area contributed by atoms with E-state index in [1.54, 1.807) is 0 Å². The summed E-state index contributed by atoms with van der Waals surface area (Å²) in [5.41, 5.74) is 3.46. The molecule has 0 saturated carbocycles. The second-order valence-corrected chi connectivity index (χ2v) is 7.83. The predicted octanol–water partition coefficient (Wildman–Crippen LogP) is 8.62. The Balaban J connectivity index is 1.68. The first-order valence-electron chi connectivity index (χ1n) is 10.6. The summed E-state index contributed by atoms with van der Waals surface area (Å²) in [6, 6.07) is 45.4. The first-order valence-corrected chi connectivity index (χ1v) is 10.6. The van der Waals surface area contributed by atoms with Crippen molar-refractivity contribution in [1.82, 2.24) is 0 Å². The number of fused-ring (bicyclic) bond motifs is 6. The molecule has 0 spiro atoms.